The number of alkyl halides is 3. The number of para-hydroxylation sites is 1. The fourth-order valence-electron chi connectivity index (χ4n) is 1.87. The normalized spacial score (nSPS) is 11.2. The van der Waals surface area contributed by atoms with Crippen LogP contribution in [0.5, 0.6) is 0 Å². The third-order valence-electron chi connectivity index (χ3n) is 2.84. The third kappa shape index (κ3) is 2.99. The fourth-order valence-corrected chi connectivity index (χ4v) is 1.87. The molecule has 2 rings (SSSR count). The number of anilines is 2. The second-order valence-electron chi connectivity index (χ2n) is 4.38. The Kier molecular flexibility index (Phi) is 3.79. The third-order valence-corrected chi connectivity index (χ3v) is 2.84. The first-order valence-corrected chi connectivity index (χ1v) is 5.91. The zero-order valence-electron chi connectivity index (χ0n) is 10.7. The number of carbonyl (C=O) groups is 1. The Morgan fingerprint density at radius 3 is 2.40 bits per heavy atom. The molecule has 0 amide bonds. The Balaban J connectivity index is 2.45. The molecule has 0 heterocycles. The van der Waals surface area contributed by atoms with Crippen molar-refractivity contribution >= 4 is 17.7 Å². The van der Waals surface area contributed by atoms with Crippen molar-refractivity contribution in [3.63, 3.8) is 0 Å². The quantitative estimate of drug-likeness (QED) is 0.834. The first-order chi connectivity index (χ1) is 9.41. The number of halogens is 3. The van der Waals surface area contributed by atoms with E-state index in [1.165, 1.54) is 18.2 Å². The van der Waals surface area contributed by atoms with Crippen LogP contribution in [0.2, 0.25) is 0 Å². The highest BCUT2D eigenvalue weighted by Gasteiger charge is 2.33. The van der Waals surface area contributed by atoms with Gasteiger partial charge >= 0.3 is 6.18 Å². The van der Waals surface area contributed by atoms with Gasteiger partial charge in [0.1, 0.15) is 0 Å². The first kappa shape index (κ1) is 14.1. The Hall–Kier alpha value is -2.30. The van der Waals surface area contributed by atoms with Crippen molar-refractivity contribution in [2.75, 3.05) is 5.32 Å². The van der Waals surface area contributed by atoms with Gasteiger partial charge in [0.25, 0.3) is 0 Å². The Labute approximate surface area is 114 Å². The standard InChI is InChI=1S/C15H12F3NO/c1-10-6-7-11(9-20)14(8-10)19-13-5-3-2-4-12(13)15(16,17)18/h2-9,19H,1H3. The molecule has 0 saturated heterocycles. The second kappa shape index (κ2) is 5.36. The molecule has 0 bridgehead atoms. The number of rotatable bonds is 3. The smallest absolute Gasteiger partial charge is 0.354 e. The van der Waals surface area contributed by atoms with Crippen LogP contribution in [0.25, 0.3) is 0 Å². The van der Waals surface area contributed by atoms with Crippen LogP contribution in [0.15, 0.2) is 42.5 Å². The highest BCUT2D eigenvalue weighted by Crippen LogP contribution is 2.36. The second-order valence-corrected chi connectivity index (χ2v) is 4.38. The summed E-state index contributed by atoms with van der Waals surface area (Å²) in [5.41, 5.74) is 0.680. The molecule has 0 spiro atoms. The van der Waals surface area contributed by atoms with Crippen molar-refractivity contribution in [3.8, 4) is 0 Å². The Bertz CT molecular complexity index is 635. The lowest BCUT2D eigenvalue weighted by molar-refractivity contribution is -0.136. The van der Waals surface area contributed by atoms with Gasteiger partial charge in [-0.2, -0.15) is 13.2 Å². The van der Waals surface area contributed by atoms with Crippen molar-refractivity contribution in [3.05, 3.63) is 59.2 Å². The van der Waals surface area contributed by atoms with Crippen LogP contribution in [0, 0.1) is 6.92 Å². The van der Waals surface area contributed by atoms with E-state index >= 15 is 0 Å². The summed E-state index contributed by atoms with van der Waals surface area (Å²) in [7, 11) is 0. The van der Waals surface area contributed by atoms with E-state index in [0.29, 0.717) is 17.5 Å². The molecule has 1 N–H and O–H groups in total. The molecule has 2 aromatic carbocycles. The zero-order valence-corrected chi connectivity index (χ0v) is 10.7. The zero-order chi connectivity index (χ0) is 14.8. The molecular weight excluding hydrogens is 267 g/mol. The molecule has 0 aromatic heterocycles. The highest BCUT2D eigenvalue weighted by molar-refractivity contribution is 5.86. The molecule has 20 heavy (non-hydrogen) atoms. The minimum atomic E-state index is -4.45. The monoisotopic (exact) mass is 279 g/mol. The summed E-state index contributed by atoms with van der Waals surface area (Å²) in [6, 6.07) is 10.1. The Morgan fingerprint density at radius 2 is 1.75 bits per heavy atom. The summed E-state index contributed by atoms with van der Waals surface area (Å²) in [6.45, 7) is 1.80. The van der Waals surface area contributed by atoms with E-state index in [9.17, 15) is 18.0 Å². The van der Waals surface area contributed by atoms with Crippen LogP contribution in [0.4, 0.5) is 24.5 Å². The van der Waals surface area contributed by atoms with Gasteiger partial charge in [-0.25, -0.2) is 0 Å². The molecule has 0 aliphatic carbocycles. The van der Waals surface area contributed by atoms with E-state index in [1.54, 1.807) is 25.1 Å². The van der Waals surface area contributed by atoms with Gasteiger partial charge < -0.3 is 5.32 Å². The first-order valence-electron chi connectivity index (χ1n) is 5.91. The molecule has 0 aliphatic rings. The maximum atomic E-state index is 12.9. The molecule has 0 unspecified atom stereocenters. The van der Waals surface area contributed by atoms with Gasteiger partial charge in [0.2, 0.25) is 0 Å². The van der Waals surface area contributed by atoms with Gasteiger partial charge in [0.05, 0.1) is 11.3 Å². The van der Waals surface area contributed by atoms with E-state index in [0.717, 1.165) is 11.6 Å². The molecule has 2 nitrogen and oxygen atoms in total. The maximum Gasteiger partial charge on any atom is 0.418 e. The predicted octanol–water partition coefficient (Wildman–Crippen LogP) is 4.57. The number of benzene rings is 2. The van der Waals surface area contributed by atoms with Gasteiger partial charge in [0, 0.05) is 11.3 Å². The van der Waals surface area contributed by atoms with Gasteiger partial charge in [0.15, 0.2) is 6.29 Å². The van der Waals surface area contributed by atoms with Crippen molar-refractivity contribution < 1.29 is 18.0 Å². The lowest BCUT2D eigenvalue weighted by Crippen LogP contribution is -2.09. The van der Waals surface area contributed by atoms with Crippen LogP contribution in [0.3, 0.4) is 0 Å². The summed E-state index contributed by atoms with van der Waals surface area (Å²) in [4.78, 5) is 10.9. The minimum absolute atomic E-state index is 0.0753. The van der Waals surface area contributed by atoms with Crippen molar-refractivity contribution in [2.24, 2.45) is 0 Å². The van der Waals surface area contributed by atoms with E-state index in [2.05, 4.69) is 5.32 Å². The SMILES string of the molecule is Cc1ccc(C=O)c(Nc2ccccc2C(F)(F)F)c1. The lowest BCUT2D eigenvalue weighted by atomic mass is 10.1. The van der Waals surface area contributed by atoms with E-state index in [-0.39, 0.29) is 5.69 Å². The summed E-state index contributed by atoms with van der Waals surface area (Å²) in [5, 5.41) is 2.69. The Morgan fingerprint density at radius 1 is 1.05 bits per heavy atom. The van der Waals surface area contributed by atoms with Gasteiger partial charge in [-0.15, -0.1) is 0 Å². The molecule has 0 radical (unpaired) electrons. The number of aldehydes is 1. The maximum absolute atomic E-state index is 12.9. The van der Waals surface area contributed by atoms with Crippen LogP contribution >= 0.6 is 0 Å². The molecule has 0 fully saturated rings. The molecule has 0 atom stereocenters. The van der Waals surface area contributed by atoms with Crippen LogP contribution < -0.4 is 5.32 Å². The largest absolute Gasteiger partial charge is 0.418 e. The minimum Gasteiger partial charge on any atom is -0.354 e. The van der Waals surface area contributed by atoms with Gasteiger partial charge in [-0.3, -0.25) is 4.79 Å². The van der Waals surface area contributed by atoms with Crippen LogP contribution in [-0.4, -0.2) is 6.29 Å². The van der Waals surface area contributed by atoms with Crippen LogP contribution in [-0.2, 0) is 6.18 Å². The van der Waals surface area contributed by atoms with E-state index < -0.39 is 11.7 Å². The highest BCUT2D eigenvalue weighted by atomic mass is 19.4. The summed E-state index contributed by atoms with van der Waals surface area (Å²) in [5.74, 6) is 0. The summed E-state index contributed by atoms with van der Waals surface area (Å²) in [6.07, 6.45) is -3.84. The predicted molar refractivity (Wildman–Crippen MR) is 71.3 cm³/mol. The number of hydrogen-bond donors (Lipinski definition) is 1. The molecular formula is C15H12F3NO. The lowest BCUT2D eigenvalue weighted by Gasteiger charge is -2.15. The average molecular weight is 279 g/mol. The van der Waals surface area contributed by atoms with Crippen LogP contribution in [0.1, 0.15) is 21.5 Å². The number of nitrogens with one attached hydrogen (secondary N) is 1. The van der Waals surface area contributed by atoms with Gasteiger partial charge in [-0.1, -0.05) is 18.2 Å². The molecule has 5 heteroatoms. The van der Waals surface area contributed by atoms with E-state index in [4.69, 9.17) is 0 Å². The topological polar surface area (TPSA) is 29.1 Å². The molecule has 2 aromatic rings. The molecule has 0 aliphatic heterocycles. The van der Waals surface area contributed by atoms with Crippen molar-refractivity contribution in [1.82, 2.24) is 0 Å². The molecule has 104 valence electrons. The fraction of sp³-hybridized carbons (Fsp3) is 0.133. The average Bonchev–Trinajstić information content (AvgIpc) is 2.38. The number of carbonyl (C=O) groups excluding carboxylic acids is 1. The van der Waals surface area contributed by atoms with Crippen molar-refractivity contribution in [2.45, 2.75) is 13.1 Å². The van der Waals surface area contributed by atoms with Gasteiger partial charge in [-0.05, 0) is 36.8 Å². The number of hydrogen-bond acceptors (Lipinski definition) is 2. The number of aryl methyl sites for hydroxylation is 1. The summed E-state index contributed by atoms with van der Waals surface area (Å²) < 4.78 is 38.7. The summed E-state index contributed by atoms with van der Waals surface area (Å²) >= 11 is 0. The van der Waals surface area contributed by atoms with Crippen molar-refractivity contribution in [1.29, 1.82) is 0 Å². The molecule has 0 saturated carbocycles. The van der Waals surface area contributed by atoms with E-state index in [1.807, 2.05) is 0 Å².